The van der Waals surface area contributed by atoms with Crippen molar-refractivity contribution in [1.82, 2.24) is 0 Å². The second-order valence-corrected chi connectivity index (χ2v) is 2.49. The number of nitriles is 1. The molecule has 0 spiro atoms. The number of hydrogen-bond acceptors (Lipinski definition) is 3. The van der Waals surface area contributed by atoms with Crippen molar-refractivity contribution in [2.45, 2.75) is 0 Å². The van der Waals surface area contributed by atoms with Crippen LogP contribution < -0.4 is 4.74 Å². The van der Waals surface area contributed by atoms with Crippen LogP contribution in [0.15, 0.2) is 37.1 Å². The van der Waals surface area contributed by atoms with Crippen LogP contribution in [0.4, 0.5) is 0 Å². The summed E-state index contributed by atoms with van der Waals surface area (Å²) in [7, 11) is 0. The summed E-state index contributed by atoms with van der Waals surface area (Å²) < 4.78 is 10.2. The van der Waals surface area contributed by atoms with E-state index in [-0.39, 0.29) is 0 Å². The Morgan fingerprint density at radius 1 is 1.36 bits per heavy atom. The fourth-order valence-corrected chi connectivity index (χ4v) is 0.968. The lowest BCUT2D eigenvalue weighted by Crippen LogP contribution is -2.04. The number of nitrogens with zero attached hydrogens (tertiary/aromatic N) is 1. The molecule has 0 aromatic heterocycles. The van der Waals surface area contributed by atoms with Gasteiger partial charge in [-0.05, 0) is 12.1 Å². The van der Waals surface area contributed by atoms with Crippen molar-refractivity contribution < 1.29 is 9.47 Å². The van der Waals surface area contributed by atoms with E-state index < -0.39 is 0 Å². The molecule has 0 aliphatic heterocycles. The maximum atomic E-state index is 8.74. The Bertz CT molecular complexity index is 341. The number of para-hydroxylation sites is 1. The Hall–Kier alpha value is -1.95. The molecule has 0 bridgehead atoms. The van der Waals surface area contributed by atoms with E-state index in [1.807, 2.05) is 6.07 Å². The number of rotatable bonds is 5. The third-order valence-electron chi connectivity index (χ3n) is 1.58. The molecule has 1 aromatic carbocycles. The summed E-state index contributed by atoms with van der Waals surface area (Å²) in [5.41, 5.74) is 0.533. The molecule has 0 atom stereocenters. The summed E-state index contributed by atoms with van der Waals surface area (Å²) >= 11 is 0. The molecule has 0 fully saturated rings. The first kappa shape index (κ1) is 10.1. The number of ether oxygens (including phenoxy) is 2. The van der Waals surface area contributed by atoms with Gasteiger partial charge in [0.2, 0.25) is 0 Å². The van der Waals surface area contributed by atoms with Crippen molar-refractivity contribution >= 4 is 0 Å². The Morgan fingerprint density at radius 3 is 2.86 bits per heavy atom. The molecular formula is C11H11NO2. The van der Waals surface area contributed by atoms with Crippen molar-refractivity contribution in [2.75, 3.05) is 13.2 Å². The molecule has 0 aliphatic carbocycles. The van der Waals surface area contributed by atoms with Crippen LogP contribution in [0.25, 0.3) is 0 Å². The summed E-state index contributed by atoms with van der Waals surface area (Å²) in [6, 6.07) is 9.14. The fraction of sp³-hybridized carbons (Fsp3) is 0.182. The van der Waals surface area contributed by atoms with Crippen molar-refractivity contribution in [1.29, 1.82) is 5.26 Å². The molecule has 0 saturated carbocycles. The molecule has 0 unspecified atom stereocenters. The highest BCUT2D eigenvalue weighted by Crippen LogP contribution is 2.15. The lowest BCUT2D eigenvalue weighted by atomic mass is 10.2. The predicted molar refractivity (Wildman–Crippen MR) is 52.8 cm³/mol. The summed E-state index contributed by atoms with van der Waals surface area (Å²) in [5, 5.41) is 8.74. The molecule has 14 heavy (non-hydrogen) atoms. The van der Waals surface area contributed by atoms with Gasteiger partial charge in [0.1, 0.15) is 25.0 Å². The van der Waals surface area contributed by atoms with Crippen molar-refractivity contribution in [2.24, 2.45) is 0 Å². The molecule has 0 N–H and O–H groups in total. The van der Waals surface area contributed by atoms with Gasteiger partial charge in [0.25, 0.3) is 0 Å². The van der Waals surface area contributed by atoms with Gasteiger partial charge in [-0.25, -0.2) is 0 Å². The topological polar surface area (TPSA) is 42.2 Å². The number of hydrogen-bond donors (Lipinski definition) is 0. The molecule has 0 amide bonds. The van der Waals surface area contributed by atoms with Crippen LogP contribution in [-0.2, 0) is 4.74 Å². The lowest BCUT2D eigenvalue weighted by molar-refractivity contribution is 0.179. The third-order valence-corrected chi connectivity index (χ3v) is 1.58. The van der Waals surface area contributed by atoms with Crippen LogP contribution in [0.5, 0.6) is 5.75 Å². The zero-order valence-electron chi connectivity index (χ0n) is 7.77. The summed E-state index contributed by atoms with van der Waals surface area (Å²) in [4.78, 5) is 0. The van der Waals surface area contributed by atoms with Gasteiger partial charge in [0, 0.05) is 0 Å². The Balaban J connectivity index is 2.50. The minimum atomic E-state index is 0.407. The minimum Gasteiger partial charge on any atom is -0.498 e. The highest BCUT2D eigenvalue weighted by atomic mass is 16.5. The number of benzene rings is 1. The van der Waals surface area contributed by atoms with Gasteiger partial charge in [-0.3, -0.25) is 0 Å². The van der Waals surface area contributed by atoms with Gasteiger partial charge in [0.05, 0.1) is 11.8 Å². The third kappa shape index (κ3) is 2.83. The molecule has 3 heteroatoms. The Labute approximate surface area is 83.2 Å². The molecule has 1 rings (SSSR count). The van der Waals surface area contributed by atoms with Crippen molar-refractivity contribution in [3.05, 3.63) is 42.7 Å². The van der Waals surface area contributed by atoms with Crippen LogP contribution in [0.1, 0.15) is 5.56 Å². The SMILES string of the molecule is C=COCCOc1ccccc1C#N. The second-order valence-electron chi connectivity index (χ2n) is 2.49. The molecule has 1 aromatic rings. The molecule has 0 heterocycles. The zero-order chi connectivity index (χ0) is 10.2. The first-order valence-corrected chi connectivity index (χ1v) is 4.23. The van der Waals surface area contributed by atoms with E-state index in [1.165, 1.54) is 6.26 Å². The van der Waals surface area contributed by atoms with E-state index in [0.29, 0.717) is 24.5 Å². The fourth-order valence-electron chi connectivity index (χ4n) is 0.968. The van der Waals surface area contributed by atoms with Crippen LogP contribution in [0.3, 0.4) is 0 Å². The normalized spacial score (nSPS) is 8.79. The van der Waals surface area contributed by atoms with Crippen molar-refractivity contribution in [3.8, 4) is 11.8 Å². The van der Waals surface area contributed by atoms with Gasteiger partial charge in [-0.1, -0.05) is 18.7 Å². The van der Waals surface area contributed by atoms with Gasteiger partial charge in [-0.15, -0.1) is 0 Å². The zero-order valence-corrected chi connectivity index (χ0v) is 7.77. The monoisotopic (exact) mass is 189 g/mol. The van der Waals surface area contributed by atoms with Gasteiger partial charge < -0.3 is 9.47 Å². The lowest BCUT2D eigenvalue weighted by Gasteiger charge is -2.06. The van der Waals surface area contributed by atoms with Crippen molar-refractivity contribution in [3.63, 3.8) is 0 Å². The van der Waals surface area contributed by atoms with E-state index in [0.717, 1.165) is 0 Å². The maximum Gasteiger partial charge on any atom is 0.137 e. The van der Waals surface area contributed by atoms with Crippen LogP contribution in [-0.4, -0.2) is 13.2 Å². The molecule has 0 aliphatic rings. The average molecular weight is 189 g/mol. The second kappa shape index (κ2) is 5.65. The van der Waals surface area contributed by atoms with Crippen LogP contribution >= 0.6 is 0 Å². The standard InChI is InChI=1S/C11H11NO2/c1-2-13-7-8-14-11-6-4-3-5-10(11)9-12/h2-6H,1,7-8H2. The Kier molecular flexibility index (Phi) is 4.09. The summed E-state index contributed by atoms with van der Waals surface area (Å²) in [6.45, 7) is 4.25. The largest absolute Gasteiger partial charge is 0.498 e. The van der Waals surface area contributed by atoms with E-state index in [4.69, 9.17) is 14.7 Å². The molecule has 0 radical (unpaired) electrons. The first-order chi connectivity index (χ1) is 6.88. The molecule has 72 valence electrons. The summed E-state index contributed by atoms with van der Waals surface area (Å²) in [5.74, 6) is 0.586. The minimum absolute atomic E-state index is 0.407. The quantitative estimate of drug-likeness (QED) is 0.526. The predicted octanol–water partition coefficient (Wildman–Crippen LogP) is 2.10. The first-order valence-electron chi connectivity index (χ1n) is 4.23. The van der Waals surface area contributed by atoms with E-state index in [9.17, 15) is 0 Å². The van der Waals surface area contributed by atoms with E-state index in [2.05, 4.69) is 12.6 Å². The highest BCUT2D eigenvalue weighted by Gasteiger charge is 2.00. The maximum absolute atomic E-state index is 8.74. The van der Waals surface area contributed by atoms with E-state index in [1.54, 1.807) is 18.2 Å². The highest BCUT2D eigenvalue weighted by molar-refractivity contribution is 5.42. The smallest absolute Gasteiger partial charge is 0.137 e. The van der Waals surface area contributed by atoms with E-state index >= 15 is 0 Å². The van der Waals surface area contributed by atoms with Crippen LogP contribution in [0, 0.1) is 11.3 Å². The van der Waals surface area contributed by atoms with Gasteiger partial charge >= 0.3 is 0 Å². The Morgan fingerprint density at radius 2 is 2.14 bits per heavy atom. The molecule has 3 nitrogen and oxygen atoms in total. The average Bonchev–Trinajstić information content (AvgIpc) is 2.25. The van der Waals surface area contributed by atoms with Gasteiger partial charge in [0.15, 0.2) is 0 Å². The molecular weight excluding hydrogens is 178 g/mol. The van der Waals surface area contributed by atoms with Crippen LogP contribution in [0.2, 0.25) is 0 Å². The molecule has 0 saturated heterocycles. The van der Waals surface area contributed by atoms with Gasteiger partial charge in [-0.2, -0.15) is 5.26 Å². The summed E-state index contributed by atoms with van der Waals surface area (Å²) in [6.07, 6.45) is 1.36.